The van der Waals surface area contributed by atoms with Crippen molar-refractivity contribution in [3.05, 3.63) is 88.9 Å². The number of carbonyl (C=O) groups is 1. The summed E-state index contributed by atoms with van der Waals surface area (Å²) < 4.78 is 4.88. The molecule has 4 aromatic rings. The van der Waals surface area contributed by atoms with Crippen LogP contribution < -0.4 is 4.90 Å². The number of hydrogen-bond acceptors (Lipinski definition) is 5. The molecular formula is C27H24ClN3O2. The average Bonchev–Trinajstić information content (AvgIpc) is 2.88. The molecule has 1 saturated heterocycles. The van der Waals surface area contributed by atoms with Gasteiger partial charge in [-0.25, -0.2) is 14.8 Å². The fourth-order valence-electron chi connectivity index (χ4n) is 4.46. The third-order valence-corrected chi connectivity index (χ3v) is 6.50. The van der Waals surface area contributed by atoms with Crippen LogP contribution in [-0.2, 0) is 4.74 Å². The van der Waals surface area contributed by atoms with E-state index in [1.165, 1.54) is 12.7 Å². The second-order valence-electron chi connectivity index (χ2n) is 8.27. The first-order valence-corrected chi connectivity index (χ1v) is 11.5. The molecule has 1 aromatic heterocycles. The van der Waals surface area contributed by atoms with Crippen LogP contribution in [0.15, 0.2) is 72.8 Å². The highest BCUT2D eigenvalue weighted by Gasteiger charge is 2.25. The summed E-state index contributed by atoms with van der Waals surface area (Å²) in [7, 11) is 1.38. The molecule has 0 atom stereocenters. The Hall–Kier alpha value is -3.44. The highest BCUT2D eigenvalue weighted by Crippen LogP contribution is 2.35. The number of hydrogen-bond donors (Lipinski definition) is 0. The molecule has 1 fully saturated rings. The minimum Gasteiger partial charge on any atom is -0.465 e. The first-order valence-electron chi connectivity index (χ1n) is 11.1. The molecule has 1 aliphatic rings. The average molecular weight is 458 g/mol. The number of benzene rings is 3. The van der Waals surface area contributed by atoms with Crippen molar-refractivity contribution in [2.75, 3.05) is 25.1 Å². The van der Waals surface area contributed by atoms with Gasteiger partial charge < -0.3 is 9.64 Å². The van der Waals surface area contributed by atoms with Crippen LogP contribution in [0.3, 0.4) is 0 Å². The van der Waals surface area contributed by atoms with Gasteiger partial charge >= 0.3 is 5.97 Å². The summed E-state index contributed by atoms with van der Waals surface area (Å²) in [5.74, 6) is 0.972. The molecule has 6 heteroatoms. The standard InChI is InChI=1S/C27H24ClN3O2/c1-33-27(32)21-9-12-23-24(17-21)30-26(25(29-23)20-5-3-2-4-6-20)31-15-13-19(14-16-31)18-7-10-22(28)11-8-18/h2-12,17,19H,13-16H2,1H3. The van der Waals surface area contributed by atoms with Crippen LogP contribution in [-0.4, -0.2) is 36.1 Å². The van der Waals surface area contributed by atoms with Crippen molar-refractivity contribution < 1.29 is 9.53 Å². The Labute approximate surface area is 198 Å². The second-order valence-corrected chi connectivity index (χ2v) is 8.71. The van der Waals surface area contributed by atoms with Crippen molar-refractivity contribution in [2.45, 2.75) is 18.8 Å². The Balaban J connectivity index is 1.51. The van der Waals surface area contributed by atoms with Gasteiger partial charge in [-0.3, -0.25) is 0 Å². The van der Waals surface area contributed by atoms with Crippen LogP contribution in [0, 0.1) is 0 Å². The molecule has 5 nitrogen and oxygen atoms in total. The summed E-state index contributed by atoms with van der Waals surface area (Å²) in [5.41, 5.74) is 5.13. The molecule has 0 N–H and O–H groups in total. The highest BCUT2D eigenvalue weighted by atomic mass is 35.5. The highest BCUT2D eigenvalue weighted by molar-refractivity contribution is 6.30. The monoisotopic (exact) mass is 457 g/mol. The van der Waals surface area contributed by atoms with Crippen LogP contribution in [0.2, 0.25) is 5.02 Å². The third-order valence-electron chi connectivity index (χ3n) is 6.25. The lowest BCUT2D eigenvalue weighted by Crippen LogP contribution is -2.34. The van der Waals surface area contributed by atoms with E-state index in [0.29, 0.717) is 17.0 Å². The predicted molar refractivity (Wildman–Crippen MR) is 132 cm³/mol. The van der Waals surface area contributed by atoms with Crippen molar-refractivity contribution in [1.82, 2.24) is 9.97 Å². The van der Waals surface area contributed by atoms with E-state index in [4.69, 9.17) is 26.3 Å². The minimum absolute atomic E-state index is 0.379. The Morgan fingerprint density at radius 2 is 1.67 bits per heavy atom. The first-order chi connectivity index (χ1) is 16.1. The van der Waals surface area contributed by atoms with Gasteiger partial charge in [-0.2, -0.15) is 0 Å². The maximum Gasteiger partial charge on any atom is 0.337 e. The number of carbonyl (C=O) groups excluding carboxylic acids is 1. The van der Waals surface area contributed by atoms with Crippen molar-refractivity contribution >= 4 is 34.4 Å². The van der Waals surface area contributed by atoms with E-state index in [1.807, 2.05) is 36.4 Å². The van der Waals surface area contributed by atoms with Crippen molar-refractivity contribution in [2.24, 2.45) is 0 Å². The molecule has 0 spiro atoms. The summed E-state index contributed by atoms with van der Waals surface area (Å²) in [4.78, 5) is 24.3. The van der Waals surface area contributed by atoms with Crippen LogP contribution in [0.4, 0.5) is 5.82 Å². The zero-order chi connectivity index (χ0) is 22.8. The maximum atomic E-state index is 12.0. The van der Waals surface area contributed by atoms with E-state index in [1.54, 1.807) is 12.1 Å². The largest absolute Gasteiger partial charge is 0.465 e. The molecule has 0 bridgehead atoms. The van der Waals surface area contributed by atoms with Gasteiger partial charge in [-0.15, -0.1) is 0 Å². The number of anilines is 1. The lowest BCUT2D eigenvalue weighted by Gasteiger charge is -2.34. The number of ether oxygens (including phenoxy) is 1. The smallest absolute Gasteiger partial charge is 0.337 e. The molecule has 0 amide bonds. The van der Waals surface area contributed by atoms with Gasteiger partial charge in [-0.05, 0) is 54.7 Å². The first kappa shape index (κ1) is 21.4. The molecule has 0 saturated carbocycles. The summed E-state index contributed by atoms with van der Waals surface area (Å²) >= 11 is 6.06. The van der Waals surface area contributed by atoms with Gasteiger partial charge in [0, 0.05) is 23.7 Å². The topological polar surface area (TPSA) is 55.3 Å². The van der Waals surface area contributed by atoms with E-state index in [0.717, 1.165) is 53.5 Å². The SMILES string of the molecule is COC(=O)c1ccc2nc(-c3ccccc3)c(N3CCC(c4ccc(Cl)cc4)CC3)nc2c1. The quantitative estimate of drug-likeness (QED) is 0.345. The maximum absolute atomic E-state index is 12.0. The molecule has 33 heavy (non-hydrogen) atoms. The predicted octanol–water partition coefficient (Wildman–Crippen LogP) is 6.12. The fraction of sp³-hybridized carbons (Fsp3) is 0.222. The lowest BCUT2D eigenvalue weighted by atomic mass is 9.89. The summed E-state index contributed by atoms with van der Waals surface area (Å²) in [5, 5.41) is 0.765. The minimum atomic E-state index is -0.379. The van der Waals surface area contributed by atoms with Crippen molar-refractivity contribution in [3.8, 4) is 11.3 Å². The van der Waals surface area contributed by atoms with E-state index in [9.17, 15) is 4.79 Å². The molecule has 0 unspecified atom stereocenters. The number of rotatable bonds is 4. The van der Waals surface area contributed by atoms with Crippen molar-refractivity contribution in [1.29, 1.82) is 0 Å². The van der Waals surface area contributed by atoms with Crippen molar-refractivity contribution in [3.63, 3.8) is 0 Å². The molecule has 5 rings (SSSR count). The number of nitrogens with zero attached hydrogens (tertiary/aromatic N) is 3. The zero-order valence-electron chi connectivity index (χ0n) is 18.4. The zero-order valence-corrected chi connectivity index (χ0v) is 19.1. The second kappa shape index (κ2) is 9.20. The molecule has 166 valence electrons. The van der Waals surface area contributed by atoms with E-state index in [-0.39, 0.29) is 5.97 Å². The van der Waals surface area contributed by atoms with Gasteiger partial charge in [0.1, 0.15) is 5.69 Å². The molecule has 0 radical (unpaired) electrons. The summed E-state index contributed by atoms with van der Waals surface area (Å²) in [6.45, 7) is 1.76. The van der Waals surface area contributed by atoms with E-state index in [2.05, 4.69) is 29.2 Å². The van der Waals surface area contributed by atoms with Crippen LogP contribution in [0.5, 0.6) is 0 Å². The summed E-state index contributed by atoms with van der Waals surface area (Å²) in [6.07, 6.45) is 2.05. The van der Waals surface area contributed by atoms with Gasteiger partial charge in [0.2, 0.25) is 0 Å². The molecule has 1 aliphatic heterocycles. The Kier molecular flexibility index (Phi) is 5.97. The fourth-order valence-corrected chi connectivity index (χ4v) is 4.59. The Morgan fingerprint density at radius 1 is 0.939 bits per heavy atom. The van der Waals surface area contributed by atoms with Crippen LogP contribution in [0.1, 0.15) is 34.7 Å². The molecule has 3 aromatic carbocycles. The van der Waals surface area contributed by atoms with Gasteiger partial charge in [-0.1, -0.05) is 54.1 Å². The van der Waals surface area contributed by atoms with Crippen LogP contribution in [0.25, 0.3) is 22.3 Å². The number of halogens is 1. The summed E-state index contributed by atoms with van der Waals surface area (Å²) in [6, 6.07) is 23.6. The van der Waals surface area contributed by atoms with Gasteiger partial charge in [0.15, 0.2) is 5.82 Å². The number of aromatic nitrogens is 2. The number of esters is 1. The number of piperidine rings is 1. The Bertz CT molecular complexity index is 1280. The Morgan fingerprint density at radius 3 is 2.36 bits per heavy atom. The third kappa shape index (κ3) is 4.41. The van der Waals surface area contributed by atoms with Crippen LogP contribution >= 0.6 is 11.6 Å². The number of fused-ring (bicyclic) bond motifs is 1. The van der Waals surface area contributed by atoms with E-state index < -0.39 is 0 Å². The van der Waals surface area contributed by atoms with E-state index >= 15 is 0 Å². The molecular weight excluding hydrogens is 434 g/mol. The normalized spacial score (nSPS) is 14.4. The molecule has 0 aliphatic carbocycles. The van der Waals surface area contributed by atoms with Gasteiger partial charge in [0.05, 0.1) is 23.7 Å². The molecule has 2 heterocycles. The van der Waals surface area contributed by atoms with Gasteiger partial charge in [0.25, 0.3) is 0 Å². The lowest BCUT2D eigenvalue weighted by molar-refractivity contribution is 0.0601. The number of methoxy groups -OCH3 is 1.